The largest absolute Gasteiger partial charge is 0.396 e. The Kier molecular flexibility index (Phi) is 3.80. The van der Waals surface area contributed by atoms with E-state index in [1.54, 1.807) is 17.2 Å². The highest BCUT2D eigenvalue weighted by Gasteiger charge is 2.04. The van der Waals surface area contributed by atoms with Gasteiger partial charge in [-0.25, -0.2) is 0 Å². The standard InChI is InChI=1S/C13H13N5OS/c19-5-6-20-13-17-15-9-18(13)16-8-10-7-14-12-4-2-1-3-11(10)12/h1-4,7-9,14,19H,5-6H2/b16-8+. The number of aromatic nitrogens is 4. The van der Waals surface area contributed by atoms with Crippen LogP contribution in [0.4, 0.5) is 0 Å². The summed E-state index contributed by atoms with van der Waals surface area (Å²) < 4.78 is 1.60. The fourth-order valence-corrected chi connectivity index (χ4v) is 2.46. The van der Waals surface area contributed by atoms with Gasteiger partial charge in [0.15, 0.2) is 0 Å². The highest BCUT2D eigenvalue weighted by molar-refractivity contribution is 7.99. The third-order valence-corrected chi connectivity index (χ3v) is 3.68. The van der Waals surface area contributed by atoms with Crippen molar-refractivity contribution in [2.24, 2.45) is 5.10 Å². The maximum atomic E-state index is 8.83. The average Bonchev–Trinajstić information content (AvgIpc) is 3.09. The summed E-state index contributed by atoms with van der Waals surface area (Å²) in [6, 6.07) is 8.05. The van der Waals surface area contributed by atoms with Crippen molar-refractivity contribution in [3.63, 3.8) is 0 Å². The number of aliphatic hydroxyl groups excluding tert-OH is 1. The van der Waals surface area contributed by atoms with Crippen LogP contribution < -0.4 is 0 Å². The van der Waals surface area contributed by atoms with Crippen molar-refractivity contribution in [2.75, 3.05) is 12.4 Å². The summed E-state index contributed by atoms with van der Waals surface area (Å²) in [7, 11) is 0. The average molecular weight is 287 g/mol. The fourth-order valence-electron chi connectivity index (χ4n) is 1.86. The zero-order valence-electron chi connectivity index (χ0n) is 10.6. The number of aliphatic hydroxyl groups is 1. The van der Waals surface area contributed by atoms with Gasteiger partial charge >= 0.3 is 0 Å². The molecule has 2 N–H and O–H groups in total. The van der Waals surface area contributed by atoms with Crippen LogP contribution in [0.5, 0.6) is 0 Å². The van der Waals surface area contributed by atoms with Crippen molar-refractivity contribution < 1.29 is 5.11 Å². The molecule has 0 aliphatic heterocycles. The molecule has 3 rings (SSSR count). The highest BCUT2D eigenvalue weighted by Crippen LogP contribution is 2.17. The molecule has 0 fully saturated rings. The molecule has 0 atom stereocenters. The van der Waals surface area contributed by atoms with Crippen LogP contribution in [0, 0.1) is 0 Å². The van der Waals surface area contributed by atoms with Crippen molar-refractivity contribution in [1.29, 1.82) is 0 Å². The fraction of sp³-hybridized carbons (Fsp3) is 0.154. The molecule has 102 valence electrons. The smallest absolute Gasteiger partial charge is 0.211 e. The lowest BCUT2D eigenvalue weighted by atomic mass is 10.2. The summed E-state index contributed by atoms with van der Waals surface area (Å²) >= 11 is 1.41. The Bertz CT molecular complexity index is 733. The van der Waals surface area contributed by atoms with Gasteiger partial charge in [-0.15, -0.1) is 10.2 Å². The van der Waals surface area contributed by atoms with Gasteiger partial charge in [-0.05, 0) is 6.07 Å². The molecule has 2 heterocycles. The minimum atomic E-state index is 0.101. The Balaban J connectivity index is 1.85. The molecule has 0 radical (unpaired) electrons. The number of H-pyrrole nitrogens is 1. The molecule has 7 heteroatoms. The van der Waals surface area contributed by atoms with E-state index in [0.29, 0.717) is 10.9 Å². The topological polar surface area (TPSA) is 79.1 Å². The lowest BCUT2D eigenvalue weighted by molar-refractivity contribution is 0.322. The molecular formula is C13H13N5OS. The number of rotatable bonds is 5. The molecule has 0 saturated heterocycles. The molecule has 3 aromatic rings. The second-order valence-corrected chi connectivity index (χ2v) is 5.13. The summed E-state index contributed by atoms with van der Waals surface area (Å²) in [6.45, 7) is 0.101. The summed E-state index contributed by atoms with van der Waals surface area (Å²) in [5.74, 6) is 0.571. The number of nitrogens with zero attached hydrogens (tertiary/aromatic N) is 4. The summed E-state index contributed by atoms with van der Waals surface area (Å²) in [5.41, 5.74) is 2.08. The number of thioether (sulfide) groups is 1. The summed E-state index contributed by atoms with van der Waals surface area (Å²) in [6.07, 6.45) is 5.23. The van der Waals surface area contributed by atoms with Crippen LogP contribution in [0.15, 0.2) is 47.0 Å². The van der Waals surface area contributed by atoms with Crippen LogP contribution >= 0.6 is 11.8 Å². The predicted octanol–water partition coefficient (Wildman–Crippen LogP) is 1.73. The van der Waals surface area contributed by atoms with E-state index in [2.05, 4.69) is 20.3 Å². The number of hydrogen-bond acceptors (Lipinski definition) is 5. The first kappa shape index (κ1) is 12.9. The highest BCUT2D eigenvalue weighted by atomic mass is 32.2. The number of benzene rings is 1. The third kappa shape index (κ3) is 2.59. The van der Waals surface area contributed by atoms with Crippen molar-refractivity contribution in [3.05, 3.63) is 42.4 Å². The number of aromatic amines is 1. The van der Waals surface area contributed by atoms with Crippen LogP contribution in [0.2, 0.25) is 0 Å². The summed E-state index contributed by atoms with van der Waals surface area (Å²) in [5, 5.41) is 22.8. The van der Waals surface area contributed by atoms with Crippen LogP contribution in [-0.2, 0) is 0 Å². The van der Waals surface area contributed by atoms with Crippen molar-refractivity contribution in [3.8, 4) is 0 Å². The first-order chi connectivity index (χ1) is 9.88. The monoisotopic (exact) mass is 287 g/mol. The van der Waals surface area contributed by atoms with E-state index in [-0.39, 0.29) is 6.61 Å². The number of para-hydroxylation sites is 1. The van der Waals surface area contributed by atoms with Gasteiger partial charge in [-0.2, -0.15) is 9.78 Å². The molecule has 1 aromatic carbocycles. The number of fused-ring (bicyclic) bond motifs is 1. The predicted molar refractivity (Wildman–Crippen MR) is 79.1 cm³/mol. The number of nitrogens with one attached hydrogen (secondary N) is 1. The molecule has 0 unspecified atom stereocenters. The Labute approximate surface area is 119 Å². The van der Waals surface area contributed by atoms with Gasteiger partial charge in [-0.3, -0.25) is 0 Å². The van der Waals surface area contributed by atoms with Crippen molar-refractivity contribution in [1.82, 2.24) is 19.9 Å². The molecular weight excluding hydrogens is 274 g/mol. The zero-order valence-corrected chi connectivity index (χ0v) is 11.4. The van der Waals surface area contributed by atoms with Crippen molar-refractivity contribution in [2.45, 2.75) is 5.16 Å². The van der Waals surface area contributed by atoms with Gasteiger partial charge in [0.25, 0.3) is 0 Å². The van der Waals surface area contributed by atoms with Crippen LogP contribution in [-0.4, -0.2) is 43.5 Å². The second-order valence-electron chi connectivity index (χ2n) is 4.06. The SMILES string of the molecule is OCCSc1nncn1/N=C/c1c[nH]c2ccccc12. The molecule has 6 nitrogen and oxygen atoms in total. The minimum absolute atomic E-state index is 0.101. The molecule has 0 aliphatic carbocycles. The Morgan fingerprint density at radius 1 is 1.40 bits per heavy atom. The van der Waals surface area contributed by atoms with Gasteiger partial charge in [0.1, 0.15) is 6.33 Å². The molecule has 0 bridgehead atoms. The van der Waals surface area contributed by atoms with E-state index in [9.17, 15) is 0 Å². The second kappa shape index (κ2) is 5.89. The van der Waals surface area contributed by atoms with E-state index in [1.807, 2.05) is 30.5 Å². The van der Waals surface area contributed by atoms with Crippen LogP contribution in [0.3, 0.4) is 0 Å². The van der Waals surface area contributed by atoms with Crippen LogP contribution in [0.1, 0.15) is 5.56 Å². The van der Waals surface area contributed by atoms with Gasteiger partial charge in [0.2, 0.25) is 5.16 Å². The quantitative estimate of drug-likeness (QED) is 0.553. The maximum Gasteiger partial charge on any atom is 0.211 e. The first-order valence-electron chi connectivity index (χ1n) is 6.12. The maximum absolute atomic E-state index is 8.83. The summed E-state index contributed by atoms with van der Waals surface area (Å²) in [4.78, 5) is 3.20. The van der Waals surface area contributed by atoms with E-state index >= 15 is 0 Å². The first-order valence-corrected chi connectivity index (χ1v) is 7.11. The molecule has 0 aliphatic rings. The lowest BCUT2D eigenvalue weighted by Crippen LogP contribution is -1.94. The van der Waals surface area contributed by atoms with E-state index in [0.717, 1.165) is 16.5 Å². The van der Waals surface area contributed by atoms with Gasteiger partial charge in [0.05, 0.1) is 12.8 Å². The molecule has 0 spiro atoms. The van der Waals surface area contributed by atoms with E-state index in [4.69, 9.17) is 5.11 Å². The Morgan fingerprint density at radius 2 is 2.30 bits per heavy atom. The zero-order chi connectivity index (χ0) is 13.8. The normalized spacial score (nSPS) is 11.7. The Hall–Kier alpha value is -2.12. The third-order valence-electron chi connectivity index (χ3n) is 2.77. The number of hydrogen-bond donors (Lipinski definition) is 2. The minimum Gasteiger partial charge on any atom is -0.396 e. The molecule has 20 heavy (non-hydrogen) atoms. The molecule has 0 saturated carbocycles. The van der Waals surface area contributed by atoms with E-state index < -0.39 is 0 Å². The van der Waals surface area contributed by atoms with Crippen molar-refractivity contribution >= 4 is 28.9 Å². The van der Waals surface area contributed by atoms with Gasteiger partial charge in [0, 0.05) is 28.4 Å². The van der Waals surface area contributed by atoms with Gasteiger partial charge < -0.3 is 10.1 Å². The molecule has 2 aromatic heterocycles. The Morgan fingerprint density at radius 3 is 3.20 bits per heavy atom. The molecule has 0 amide bonds. The van der Waals surface area contributed by atoms with Crippen LogP contribution in [0.25, 0.3) is 10.9 Å². The lowest BCUT2D eigenvalue weighted by Gasteiger charge is -1.97. The van der Waals surface area contributed by atoms with E-state index in [1.165, 1.54) is 11.8 Å². The van der Waals surface area contributed by atoms with Gasteiger partial charge in [-0.1, -0.05) is 30.0 Å².